The molecule has 0 unspecified atom stereocenters. The van der Waals surface area contributed by atoms with Gasteiger partial charge >= 0.3 is 6.09 Å². The van der Waals surface area contributed by atoms with Crippen LogP contribution in [0.15, 0.2) is 18.2 Å². The number of amides is 1. The minimum Gasteiger partial charge on any atom is -0.410 e. The first-order chi connectivity index (χ1) is 6.13. The summed E-state index contributed by atoms with van der Waals surface area (Å²) in [5.41, 5.74) is 10.5. The SMILES string of the molecule is NCc1cc(F)ccc1OC(N)=O. The maximum absolute atomic E-state index is 12.6. The predicted molar refractivity (Wildman–Crippen MR) is 44.5 cm³/mol. The van der Waals surface area contributed by atoms with E-state index in [1.165, 1.54) is 12.1 Å². The smallest absolute Gasteiger partial charge is 0.409 e. The van der Waals surface area contributed by atoms with Crippen molar-refractivity contribution in [1.82, 2.24) is 0 Å². The number of hydrogen-bond donors (Lipinski definition) is 2. The van der Waals surface area contributed by atoms with Gasteiger partial charge in [-0.1, -0.05) is 0 Å². The van der Waals surface area contributed by atoms with Crippen LogP contribution in [0.5, 0.6) is 5.75 Å². The summed E-state index contributed by atoms with van der Waals surface area (Å²) in [7, 11) is 0. The molecule has 1 aromatic rings. The fourth-order valence-electron chi connectivity index (χ4n) is 0.915. The van der Waals surface area contributed by atoms with Gasteiger partial charge < -0.3 is 16.2 Å². The number of nitrogens with two attached hydrogens (primary N) is 2. The summed E-state index contributed by atoms with van der Waals surface area (Å²) in [6.45, 7) is 0.0837. The quantitative estimate of drug-likeness (QED) is 0.711. The van der Waals surface area contributed by atoms with Crippen molar-refractivity contribution in [2.45, 2.75) is 6.54 Å². The van der Waals surface area contributed by atoms with Crippen molar-refractivity contribution in [2.75, 3.05) is 0 Å². The molecule has 0 saturated carbocycles. The van der Waals surface area contributed by atoms with Gasteiger partial charge in [0.05, 0.1) is 0 Å². The summed E-state index contributed by atoms with van der Waals surface area (Å²) in [6, 6.07) is 3.66. The van der Waals surface area contributed by atoms with E-state index >= 15 is 0 Å². The molecule has 0 aliphatic rings. The lowest BCUT2D eigenvalue weighted by molar-refractivity contribution is 0.210. The lowest BCUT2D eigenvalue weighted by Gasteiger charge is -2.05. The van der Waals surface area contributed by atoms with E-state index in [9.17, 15) is 9.18 Å². The molecule has 0 fully saturated rings. The van der Waals surface area contributed by atoms with Crippen LogP contribution in [0, 0.1) is 5.82 Å². The molecule has 0 atom stereocenters. The van der Waals surface area contributed by atoms with E-state index in [0.29, 0.717) is 5.56 Å². The first-order valence-electron chi connectivity index (χ1n) is 3.59. The fraction of sp³-hybridized carbons (Fsp3) is 0.125. The van der Waals surface area contributed by atoms with E-state index in [4.69, 9.17) is 11.5 Å². The first-order valence-corrected chi connectivity index (χ1v) is 3.59. The zero-order valence-electron chi connectivity index (χ0n) is 6.79. The summed E-state index contributed by atoms with van der Waals surface area (Å²) in [5, 5.41) is 0. The Morgan fingerprint density at radius 2 is 2.23 bits per heavy atom. The van der Waals surface area contributed by atoms with Crippen molar-refractivity contribution >= 4 is 6.09 Å². The Hall–Kier alpha value is -1.62. The van der Waals surface area contributed by atoms with Crippen LogP contribution in [0.2, 0.25) is 0 Å². The number of benzene rings is 1. The molecule has 0 radical (unpaired) electrons. The van der Waals surface area contributed by atoms with E-state index in [1.54, 1.807) is 0 Å². The van der Waals surface area contributed by atoms with Gasteiger partial charge in [-0.3, -0.25) is 0 Å². The molecule has 1 rings (SSSR count). The Morgan fingerprint density at radius 3 is 2.77 bits per heavy atom. The average Bonchev–Trinajstić information content (AvgIpc) is 2.07. The Balaban J connectivity index is 2.99. The summed E-state index contributed by atoms with van der Waals surface area (Å²) in [6.07, 6.45) is -0.943. The standard InChI is InChI=1S/C8H9FN2O2/c9-6-1-2-7(13-8(11)12)5(3-6)4-10/h1-3H,4,10H2,(H2,11,12). The zero-order valence-corrected chi connectivity index (χ0v) is 6.79. The fourth-order valence-corrected chi connectivity index (χ4v) is 0.915. The van der Waals surface area contributed by atoms with Crippen molar-refractivity contribution in [3.63, 3.8) is 0 Å². The largest absolute Gasteiger partial charge is 0.410 e. The molecule has 1 aromatic carbocycles. The van der Waals surface area contributed by atoms with Gasteiger partial charge in [0.25, 0.3) is 0 Å². The summed E-state index contributed by atoms with van der Waals surface area (Å²) < 4.78 is 17.2. The highest BCUT2D eigenvalue weighted by atomic mass is 19.1. The number of halogens is 1. The Bertz CT molecular complexity index is 328. The van der Waals surface area contributed by atoms with Gasteiger partial charge in [-0.2, -0.15) is 0 Å². The van der Waals surface area contributed by atoms with Crippen LogP contribution in [0.4, 0.5) is 9.18 Å². The third-order valence-electron chi connectivity index (χ3n) is 1.45. The average molecular weight is 184 g/mol. The van der Waals surface area contributed by atoms with E-state index < -0.39 is 11.9 Å². The second-order valence-corrected chi connectivity index (χ2v) is 2.38. The zero-order chi connectivity index (χ0) is 9.84. The van der Waals surface area contributed by atoms with Gasteiger partial charge in [-0.05, 0) is 18.2 Å². The maximum atomic E-state index is 12.6. The number of rotatable bonds is 2. The molecule has 0 saturated heterocycles. The lowest BCUT2D eigenvalue weighted by Crippen LogP contribution is -2.17. The molecule has 1 amide bonds. The second-order valence-electron chi connectivity index (χ2n) is 2.38. The summed E-state index contributed by atoms with van der Waals surface area (Å²) in [4.78, 5) is 10.4. The molecular formula is C8H9FN2O2. The topological polar surface area (TPSA) is 78.3 Å². The highest BCUT2D eigenvalue weighted by Crippen LogP contribution is 2.18. The van der Waals surface area contributed by atoms with E-state index in [1.807, 2.05) is 0 Å². The second kappa shape index (κ2) is 3.86. The molecule has 0 bridgehead atoms. The van der Waals surface area contributed by atoms with Gasteiger partial charge in [-0.25, -0.2) is 9.18 Å². The molecule has 0 spiro atoms. The highest BCUT2D eigenvalue weighted by molar-refractivity contribution is 5.68. The maximum Gasteiger partial charge on any atom is 0.409 e. The third-order valence-corrected chi connectivity index (χ3v) is 1.45. The number of carbonyl (C=O) groups is 1. The van der Waals surface area contributed by atoms with Gasteiger partial charge in [0, 0.05) is 12.1 Å². The van der Waals surface area contributed by atoms with Crippen LogP contribution in [0.1, 0.15) is 5.56 Å². The van der Waals surface area contributed by atoms with Crippen LogP contribution in [-0.4, -0.2) is 6.09 Å². The van der Waals surface area contributed by atoms with Gasteiger partial charge in [-0.15, -0.1) is 0 Å². The molecule has 5 heteroatoms. The number of hydrogen-bond acceptors (Lipinski definition) is 3. The Morgan fingerprint density at radius 1 is 1.54 bits per heavy atom. The molecule has 4 nitrogen and oxygen atoms in total. The van der Waals surface area contributed by atoms with E-state index in [0.717, 1.165) is 6.07 Å². The minimum absolute atomic E-state index is 0.0837. The number of ether oxygens (including phenoxy) is 1. The van der Waals surface area contributed by atoms with Gasteiger partial charge in [0.15, 0.2) is 0 Å². The molecule has 0 aliphatic heterocycles. The summed E-state index contributed by atoms with van der Waals surface area (Å²) in [5.74, 6) is -0.242. The molecular weight excluding hydrogens is 175 g/mol. The first kappa shape index (κ1) is 9.47. The van der Waals surface area contributed by atoms with Crippen molar-refractivity contribution in [3.8, 4) is 5.75 Å². The Kier molecular flexibility index (Phi) is 2.81. The molecule has 13 heavy (non-hydrogen) atoms. The lowest BCUT2D eigenvalue weighted by atomic mass is 10.2. The van der Waals surface area contributed by atoms with Crippen LogP contribution in [-0.2, 0) is 6.54 Å². The van der Waals surface area contributed by atoms with Gasteiger partial charge in [0.1, 0.15) is 11.6 Å². The molecule has 70 valence electrons. The van der Waals surface area contributed by atoms with Crippen LogP contribution >= 0.6 is 0 Å². The van der Waals surface area contributed by atoms with Crippen molar-refractivity contribution in [2.24, 2.45) is 11.5 Å². The molecule has 0 aliphatic carbocycles. The van der Waals surface area contributed by atoms with E-state index in [2.05, 4.69) is 4.74 Å². The predicted octanol–water partition coefficient (Wildman–Crippen LogP) is 0.742. The third kappa shape index (κ3) is 2.41. The van der Waals surface area contributed by atoms with Crippen LogP contribution in [0.25, 0.3) is 0 Å². The number of primary amides is 1. The number of carbonyl (C=O) groups excluding carboxylic acids is 1. The molecule has 4 N–H and O–H groups in total. The van der Waals surface area contributed by atoms with Crippen LogP contribution in [0.3, 0.4) is 0 Å². The summed E-state index contributed by atoms with van der Waals surface area (Å²) >= 11 is 0. The van der Waals surface area contributed by atoms with E-state index in [-0.39, 0.29) is 12.3 Å². The van der Waals surface area contributed by atoms with Gasteiger partial charge in [0.2, 0.25) is 0 Å². The van der Waals surface area contributed by atoms with Crippen molar-refractivity contribution < 1.29 is 13.9 Å². The van der Waals surface area contributed by atoms with Crippen molar-refractivity contribution in [1.29, 1.82) is 0 Å². The molecule has 0 heterocycles. The highest BCUT2D eigenvalue weighted by Gasteiger charge is 2.05. The minimum atomic E-state index is -0.943. The Labute approximate surface area is 74.3 Å². The normalized spacial score (nSPS) is 9.69. The van der Waals surface area contributed by atoms with Crippen LogP contribution < -0.4 is 16.2 Å². The van der Waals surface area contributed by atoms with Crippen molar-refractivity contribution in [3.05, 3.63) is 29.6 Å². The molecule has 0 aromatic heterocycles. The monoisotopic (exact) mass is 184 g/mol.